The van der Waals surface area contributed by atoms with Crippen LogP contribution in [0.15, 0.2) is 17.0 Å². The quantitative estimate of drug-likeness (QED) is 0.891. The van der Waals surface area contributed by atoms with E-state index < -0.39 is 10.0 Å². The molecule has 5 nitrogen and oxygen atoms in total. The summed E-state index contributed by atoms with van der Waals surface area (Å²) in [6.45, 7) is 5.76. The first-order valence-electron chi connectivity index (χ1n) is 6.06. The van der Waals surface area contributed by atoms with E-state index in [2.05, 4.69) is 21.8 Å². The van der Waals surface area contributed by atoms with Gasteiger partial charge in [-0.3, -0.25) is 9.82 Å². The molecule has 0 aromatic carbocycles. The van der Waals surface area contributed by atoms with Crippen LogP contribution in [-0.2, 0) is 16.4 Å². The van der Waals surface area contributed by atoms with E-state index in [9.17, 15) is 8.42 Å². The Balaban J connectivity index is 2.23. The highest BCUT2D eigenvalue weighted by atomic mass is 32.2. The molecule has 0 bridgehead atoms. The number of hydrogen-bond donors (Lipinski definition) is 2. The summed E-state index contributed by atoms with van der Waals surface area (Å²) in [5.74, 6) is 0.340. The van der Waals surface area contributed by atoms with Crippen LogP contribution in [0.5, 0.6) is 0 Å². The minimum Gasteiger partial charge on any atom is -0.280 e. The summed E-state index contributed by atoms with van der Waals surface area (Å²) < 4.78 is 27.0. The maximum Gasteiger partial charge on any atom is 0.264 e. The van der Waals surface area contributed by atoms with Crippen LogP contribution in [-0.4, -0.2) is 18.6 Å². The van der Waals surface area contributed by atoms with Gasteiger partial charge in [0.15, 0.2) is 5.82 Å². The summed E-state index contributed by atoms with van der Waals surface area (Å²) in [4.78, 5) is 2.09. The van der Waals surface area contributed by atoms with E-state index >= 15 is 0 Å². The number of hydrogen-bond acceptors (Lipinski definition) is 4. The maximum absolute atomic E-state index is 12.2. The second kappa shape index (κ2) is 5.34. The zero-order valence-corrected chi connectivity index (χ0v) is 12.8. The molecular formula is C12H17N3O2S2. The van der Waals surface area contributed by atoms with Crippen LogP contribution >= 0.6 is 11.3 Å². The van der Waals surface area contributed by atoms with Gasteiger partial charge in [0.1, 0.15) is 4.90 Å². The van der Waals surface area contributed by atoms with Crippen LogP contribution in [0.25, 0.3) is 0 Å². The van der Waals surface area contributed by atoms with Crippen molar-refractivity contribution in [2.24, 2.45) is 0 Å². The molecule has 7 heteroatoms. The van der Waals surface area contributed by atoms with E-state index in [1.807, 2.05) is 6.92 Å². The molecule has 2 rings (SSSR count). The predicted molar refractivity (Wildman–Crippen MR) is 77.2 cm³/mol. The Morgan fingerprint density at radius 1 is 1.37 bits per heavy atom. The summed E-state index contributed by atoms with van der Waals surface area (Å²) in [6, 6.07) is 3.41. The van der Waals surface area contributed by atoms with E-state index in [0.29, 0.717) is 10.7 Å². The molecule has 2 aromatic rings. The van der Waals surface area contributed by atoms with Gasteiger partial charge in [0, 0.05) is 21.5 Å². The van der Waals surface area contributed by atoms with E-state index in [-0.39, 0.29) is 0 Å². The normalized spacial score (nSPS) is 11.7. The van der Waals surface area contributed by atoms with Gasteiger partial charge in [-0.15, -0.1) is 11.3 Å². The summed E-state index contributed by atoms with van der Waals surface area (Å²) in [7, 11) is -3.55. The molecule has 104 valence electrons. The fourth-order valence-corrected chi connectivity index (χ4v) is 4.43. The standard InChI is InChI=1S/C12H17N3O2S2/c1-4-5-10-7-12(14-13-10)15-19(16,17)11-6-8(2)18-9(11)3/h6-7H,4-5H2,1-3H3,(H2,13,14,15). The third kappa shape index (κ3) is 3.16. The highest BCUT2D eigenvalue weighted by Gasteiger charge is 2.20. The molecule has 0 aliphatic rings. The maximum atomic E-state index is 12.2. The van der Waals surface area contributed by atoms with Crippen LogP contribution in [0.3, 0.4) is 0 Å². The van der Waals surface area contributed by atoms with Crippen molar-refractivity contribution in [2.75, 3.05) is 4.72 Å². The second-order valence-corrected chi connectivity index (χ2v) is 7.52. The third-order valence-corrected chi connectivity index (χ3v) is 5.25. The number of aromatic nitrogens is 2. The molecule has 0 saturated carbocycles. The first-order chi connectivity index (χ1) is 8.92. The molecule has 0 unspecified atom stereocenters. The summed E-state index contributed by atoms with van der Waals surface area (Å²) >= 11 is 1.47. The number of nitrogens with zero attached hydrogens (tertiary/aromatic N) is 1. The van der Waals surface area contributed by atoms with Crippen molar-refractivity contribution in [1.82, 2.24) is 10.2 Å². The lowest BCUT2D eigenvalue weighted by atomic mass is 10.2. The fraction of sp³-hybridized carbons (Fsp3) is 0.417. The van der Waals surface area contributed by atoms with Gasteiger partial charge < -0.3 is 0 Å². The van der Waals surface area contributed by atoms with Gasteiger partial charge in [-0.1, -0.05) is 13.3 Å². The third-order valence-electron chi connectivity index (χ3n) is 2.67. The largest absolute Gasteiger partial charge is 0.280 e. The fourth-order valence-electron chi connectivity index (χ4n) is 1.88. The Morgan fingerprint density at radius 3 is 2.68 bits per heavy atom. The monoisotopic (exact) mass is 299 g/mol. The van der Waals surface area contributed by atoms with Crippen molar-refractivity contribution in [1.29, 1.82) is 0 Å². The molecule has 0 saturated heterocycles. The van der Waals surface area contributed by atoms with Crippen molar-refractivity contribution in [3.63, 3.8) is 0 Å². The van der Waals surface area contributed by atoms with Gasteiger partial charge >= 0.3 is 0 Å². The molecule has 2 N–H and O–H groups in total. The average Bonchev–Trinajstić information content (AvgIpc) is 2.86. The molecule has 0 aliphatic heterocycles. The molecule has 0 radical (unpaired) electrons. The van der Waals surface area contributed by atoms with Crippen LogP contribution in [0.4, 0.5) is 5.82 Å². The van der Waals surface area contributed by atoms with Gasteiger partial charge in [-0.05, 0) is 26.3 Å². The van der Waals surface area contributed by atoms with E-state index in [0.717, 1.165) is 28.3 Å². The Hall–Kier alpha value is -1.34. The van der Waals surface area contributed by atoms with Crippen molar-refractivity contribution < 1.29 is 8.42 Å². The first-order valence-corrected chi connectivity index (χ1v) is 8.36. The first kappa shape index (κ1) is 14.1. The Morgan fingerprint density at radius 2 is 2.11 bits per heavy atom. The van der Waals surface area contributed by atoms with Crippen LogP contribution < -0.4 is 4.72 Å². The lowest BCUT2D eigenvalue weighted by Gasteiger charge is -2.03. The summed E-state index contributed by atoms with van der Waals surface area (Å²) in [6.07, 6.45) is 1.84. The predicted octanol–water partition coefficient (Wildman–Crippen LogP) is 2.84. The van der Waals surface area contributed by atoms with Crippen LogP contribution in [0, 0.1) is 13.8 Å². The average molecular weight is 299 g/mol. The van der Waals surface area contributed by atoms with Gasteiger partial charge in [-0.2, -0.15) is 5.10 Å². The molecule has 0 fully saturated rings. The highest BCUT2D eigenvalue weighted by Crippen LogP contribution is 2.26. The van der Waals surface area contributed by atoms with Gasteiger partial charge in [0.25, 0.3) is 10.0 Å². The van der Waals surface area contributed by atoms with Gasteiger partial charge in [-0.25, -0.2) is 8.42 Å². The van der Waals surface area contributed by atoms with E-state index in [1.165, 1.54) is 11.3 Å². The molecule has 0 spiro atoms. The van der Waals surface area contributed by atoms with Gasteiger partial charge in [0.2, 0.25) is 0 Å². The highest BCUT2D eigenvalue weighted by molar-refractivity contribution is 7.93. The number of H-pyrrole nitrogens is 1. The molecule has 0 aliphatic carbocycles. The zero-order valence-electron chi connectivity index (χ0n) is 11.1. The Labute approximate surface area is 117 Å². The number of nitrogens with one attached hydrogen (secondary N) is 2. The molecule has 2 heterocycles. The number of anilines is 1. The van der Waals surface area contributed by atoms with Crippen molar-refractivity contribution in [2.45, 2.75) is 38.5 Å². The number of thiophene rings is 1. The summed E-state index contributed by atoms with van der Waals surface area (Å²) in [5, 5.41) is 6.80. The number of rotatable bonds is 5. The Kier molecular flexibility index (Phi) is 3.96. The zero-order chi connectivity index (χ0) is 14.0. The topological polar surface area (TPSA) is 74.8 Å². The number of aromatic amines is 1. The molecule has 19 heavy (non-hydrogen) atoms. The molecule has 0 atom stereocenters. The molecular weight excluding hydrogens is 282 g/mol. The Bertz CT molecular complexity index is 671. The summed E-state index contributed by atoms with van der Waals surface area (Å²) in [5.41, 5.74) is 0.929. The smallest absolute Gasteiger partial charge is 0.264 e. The minimum atomic E-state index is -3.55. The van der Waals surface area contributed by atoms with Crippen LogP contribution in [0.1, 0.15) is 28.8 Å². The molecule has 2 aromatic heterocycles. The van der Waals surface area contributed by atoms with Crippen LogP contribution in [0.2, 0.25) is 0 Å². The second-order valence-electron chi connectivity index (χ2n) is 4.41. The SMILES string of the molecule is CCCc1cc(NS(=O)(=O)c2cc(C)sc2C)n[nH]1. The van der Waals surface area contributed by atoms with Gasteiger partial charge in [0.05, 0.1) is 0 Å². The number of sulfonamides is 1. The molecule has 0 amide bonds. The van der Waals surface area contributed by atoms with E-state index in [1.54, 1.807) is 19.1 Å². The lowest BCUT2D eigenvalue weighted by molar-refractivity contribution is 0.601. The lowest BCUT2D eigenvalue weighted by Crippen LogP contribution is -2.13. The van der Waals surface area contributed by atoms with E-state index in [4.69, 9.17) is 0 Å². The minimum absolute atomic E-state index is 0.329. The number of aryl methyl sites for hydroxylation is 3. The van der Waals surface area contributed by atoms with Crippen molar-refractivity contribution in [3.8, 4) is 0 Å². The van der Waals surface area contributed by atoms with Crippen molar-refractivity contribution in [3.05, 3.63) is 27.6 Å². The van der Waals surface area contributed by atoms with Crippen molar-refractivity contribution >= 4 is 27.2 Å².